The van der Waals surface area contributed by atoms with Crippen molar-refractivity contribution >= 4 is 28.0 Å². The summed E-state index contributed by atoms with van der Waals surface area (Å²) in [7, 11) is 0. The molecule has 0 unspecified atom stereocenters. The second kappa shape index (κ2) is 6.29. The van der Waals surface area contributed by atoms with E-state index in [4.69, 9.17) is 4.74 Å². The van der Waals surface area contributed by atoms with Crippen LogP contribution in [0, 0.1) is 0 Å². The van der Waals surface area contributed by atoms with E-state index in [1.165, 1.54) is 4.68 Å². The van der Waals surface area contributed by atoms with Crippen LogP contribution in [0.1, 0.15) is 23.0 Å². The Morgan fingerprint density at radius 2 is 2.16 bits per heavy atom. The minimum absolute atomic E-state index is 0.200. The maximum atomic E-state index is 11.5. The third-order valence-corrected chi connectivity index (χ3v) is 2.66. The lowest BCUT2D eigenvalue weighted by Crippen LogP contribution is -2.04. The van der Waals surface area contributed by atoms with Crippen molar-refractivity contribution in [2.45, 2.75) is 6.92 Å². The number of carbonyl (C=O) groups is 1. The molecule has 5 nitrogen and oxygen atoms in total. The Bertz CT molecular complexity index is 590. The van der Waals surface area contributed by atoms with Gasteiger partial charge in [0.2, 0.25) is 0 Å². The number of carbonyl (C=O) groups excluding carboxylic acids is 1. The molecule has 0 atom stereocenters. The number of esters is 1. The normalized spacial score (nSPS) is 10.8. The van der Waals surface area contributed by atoms with Crippen molar-refractivity contribution in [2.24, 2.45) is 0 Å². The van der Waals surface area contributed by atoms with E-state index in [-0.39, 0.29) is 5.69 Å². The monoisotopic (exact) mass is 321 g/mol. The van der Waals surface area contributed by atoms with Crippen LogP contribution in [0.3, 0.4) is 0 Å². The van der Waals surface area contributed by atoms with Gasteiger partial charge in [0, 0.05) is 0 Å². The van der Waals surface area contributed by atoms with Gasteiger partial charge in [-0.2, -0.15) is 0 Å². The number of hydrogen-bond acceptors (Lipinski definition) is 4. The zero-order valence-electron chi connectivity index (χ0n) is 10.3. The first-order valence-corrected chi connectivity index (χ1v) is 6.63. The second-order valence-corrected chi connectivity index (χ2v) is 4.18. The van der Waals surface area contributed by atoms with Crippen molar-refractivity contribution in [3.05, 3.63) is 46.7 Å². The minimum atomic E-state index is -0.465. The van der Waals surface area contributed by atoms with Gasteiger partial charge in [-0.05, 0) is 35.7 Å². The average molecular weight is 322 g/mol. The van der Waals surface area contributed by atoms with Crippen LogP contribution in [0.25, 0.3) is 11.8 Å². The lowest BCUT2D eigenvalue weighted by molar-refractivity contribution is 0.0519. The topological polar surface area (TPSA) is 57.0 Å². The zero-order valence-corrected chi connectivity index (χ0v) is 11.9. The Kier molecular flexibility index (Phi) is 4.46. The molecule has 0 saturated heterocycles. The van der Waals surface area contributed by atoms with Gasteiger partial charge >= 0.3 is 5.97 Å². The Morgan fingerprint density at radius 1 is 1.42 bits per heavy atom. The summed E-state index contributed by atoms with van der Waals surface area (Å²) in [5, 5.41) is 7.69. The molecule has 0 aliphatic rings. The van der Waals surface area contributed by atoms with E-state index in [0.29, 0.717) is 6.61 Å². The molecule has 1 aromatic carbocycles. The van der Waals surface area contributed by atoms with E-state index in [1.807, 2.05) is 30.3 Å². The average Bonchev–Trinajstić information content (AvgIpc) is 2.90. The van der Waals surface area contributed by atoms with Crippen molar-refractivity contribution in [3.8, 4) is 5.69 Å². The van der Waals surface area contributed by atoms with Crippen molar-refractivity contribution < 1.29 is 9.53 Å². The van der Waals surface area contributed by atoms with Crippen LogP contribution in [0.4, 0.5) is 0 Å². The Hall–Kier alpha value is -1.95. The van der Waals surface area contributed by atoms with E-state index >= 15 is 0 Å². The van der Waals surface area contributed by atoms with Crippen molar-refractivity contribution in [1.82, 2.24) is 15.0 Å². The summed E-state index contributed by atoms with van der Waals surface area (Å²) >= 11 is 3.22. The highest BCUT2D eigenvalue weighted by Crippen LogP contribution is 2.11. The molecule has 1 heterocycles. The quantitative estimate of drug-likeness (QED) is 0.812. The number of nitrogens with zero attached hydrogens (tertiary/aromatic N) is 3. The van der Waals surface area contributed by atoms with E-state index in [2.05, 4.69) is 26.2 Å². The highest BCUT2D eigenvalue weighted by atomic mass is 79.9. The van der Waals surface area contributed by atoms with Crippen LogP contribution in [-0.2, 0) is 4.74 Å². The smallest absolute Gasteiger partial charge is 0.360 e. The van der Waals surface area contributed by atoms with E-state index < -0.39 is 5.97 Å². The molecule has 0 spiro atoms. The lowest BCUT2D eigenvalue weighted by Gasteiger charge is -2.00. The van der Waals surface area contributed by atoms with Crippen LogP contribution < -0.4 is 0 Å². The molecule has 2 rings (SSSR count). The van der Waals surface area contributed by atoms with Gasteiger partial charge in [-0.15, -0.1) is 5.10 Å². The molecule has 0 aliphatic heterocycles. The number of halogens is 1. The van der Waals surface area contributed by atoms with Crippen LogP contribution >= 0.6 is 15.9 Å². The molecule has 1 aromatic heterocycles. The summed E-state index contributed by atoms with van der Waals surface area (Å²) in [4.78, 5) is 13.3. The van der Waals surface area contributed by atoms with Gasteiger partial charge in [0.05, 0.1) is 18.5 Å². The predicted octanol–water partition coefficient (Wildman–Crippen LogP) is 2.81. The Balaban J connectivity index is 2.20. The molecule has 98 valence electrons. The highest BCUT2D eigenvalue weighted by Gasteiger charge is 2.11. The molecule has 0 amide bonds. The van der Waals surface area contributed by atoms with Crippen LogP contribution in [0.5, 0.6) is 0 Å². The van der Waals surface area contributed by atoms with Gasteiger partial charge in [0.1, 0.15) is 0 Å². The molecule has 0 bridgehead atoms. The molecule has 0 N–H and O–H groups in total. The number of benzene rings is 1. The summed E-state index contributed by atoms with van der Waals surface area (Å²) in [6.45, 7) is 2.07. The first-order chi connectivity index (χ1) is 9.24. The third-order valence-electron chi connectivity index (χ3n) is 2.39. The van der Waals surface area contributed by atoms with Gasteiger partial charge in [0.15, 0.2) is 5.69 Å². The number of hydrogen-bond donors (Lipinski definition) is 0. The summed E-state index contributed by atoms with van der Waals surface area (Å²) in [5.41, 5.74) is 2.09. The molecule has 0 radical (unpaired) electrons. The lowest BCUT2D eigenvalue weighted by atomic mass is 10.2. The fourth-order valence-electron chi connectivity index (χ4n) is 1.50. The molecule has 6 heteroatoms. The maximum Gasteiger partial charge on any atom is 0.360 e. The maximum absolute atomic E-state index is 11.5. The second-order valence-electron chi connectivity index (χ2n) is 3.65. The summed E-state index contributed by atoms with van der Waals surface area (Å²) in [6.07, 6.45) is 3.47. The molecular formula is C13H12BrN3O2. The van der Waals surface area contributed by atoms with Gasteiger partial charge in [0.25, 0.3) is 0 Å². The molecule has 0 aliphatic carbocycles. The standard InChI is InChI=1S/C13H12BrN3O2/c1-2-19-13(18)12-9-17(16-15-12)11-5-3-10(4-6-11)7-8-14/h3-9H,2H2,1H3/b8-7+. The SMILES string of the molecule is CCOC(=O)c1cn(-c2ccc(/C=C/Br)cc2)nn1. The first kappa shape index (κ1) is 13.5. The van der Waals surface area contributed by atoms with Gasteiger partial charge < -0.3 is 4.74 Å². The fraction of sp³-hybridized carbons (Fsp3) is 0.154. The van der Waals surface area contributed by atoms with Gasteiger partial charge in [-0.25, -0.2) is 9.48 Å². The van der Waals surface area contributed by atoms with Gasteiger partial charge in [-0.3, -0.25) is 0 Å². The number of ether oxygens (including phenoxy) is 1. The number of aromatic nitrogens is 3. The summed E-state index contributed by atoms with van der Waals surface area (Å²) < 4.78 is 6.39. The van der Waals surface area contributed by atoms with E-state index in [0.717, 1.165) is 11.3 Å². The Morgan fingerprint density at radius 3 is 2.79 bits per heavy atom. The van der Waals surface area contributed by atoms with E-state index in [1.54, 1.807) is 18.1 Å². The summed E-state index contributed by atoms with van der Waals surface area (Å²) in [6, 6.07) is 7.68. The molecule has 19 heavy (non-hydrogen) atoms. The third kappa shape index (κ3) is 3.29. The zero-order chi connectivity index (χ0) is 13.7. The van der Waals surface area contributed by atoms with Crippen LogP contribution in [-0.4, -0.2) is 27.6 Å². The predicted molar refractivity (Wildman–Crippen MR) is 75.3 cm³/mol. The first-order valence-electron chi connectivity index (χ1n) is 5.71. The summed E-state index contributed by atoms with van der Waals surface area (Å²) in [5.74, 6) is -0.465. The minimum Gasteiger partial charge on any atom is -0.461 e. The van der Waals surface area contributed by atoms with Crippen LogP contribution in [0.15, 0.2) is 35.4 Å². The van der Waals surface area contributed by atoms with Crippen molar-refractivity contribution in [2.75, 3.05) is 6.61 Å². The van der Waals surface area contributed by atoms with Crippen molar-refractivity contribution in [3.63, 3.8) is 0 Å². The number of rotatable bonds is 4. The molecule has 2 aromatic rings. The largest absolute Gasteiger partial charge is 0.461 e. The van der Waals surface area contributed by atoms with Crippen LogP contribution in [0.2, 0.25) is 0 Å². The highest BCUT2D eigenvalue weighted by molar-refractivity contribution is 9.11. The Labute approximate surface area is 119 Å². The molecule has 0 saturated carbocycles. The fourth-order valence-corrected chi connectivity index (χ4v) is 1.80. The molecule has 0 fully saturated rings. The van der Waals surface area contributed by atoms with Gasteiger partial charge in [-0.1, -0.05) is 33.3 Å². The van der Waals surface area contributed by atoms with Crippen molar-refractivity contribution in [1.29, 1.82) is 0 Å². The molecular weight excluding hydrogens is 310 g/mol. The van der Waals surface area contributed by atoms with E-state index in [9.17, 15) is 4.79 Å².